The first-order valence-corrected chi connectivity index (χ1v) is 6.34. The molecule has 1 aliphatic heterocycles. The number of hydrogen-bond donors (Lipinski definition) is 0. The highest BCUT2D eigenvalue weighted by molar-refractivity contribution is 6.18. The minimum atomic E-state index is -0.401. The van der Waals surface area contributed by atoms with Crippen LogP contribution in [-0.2, 0) is 11.3 Å². The van der Waals surface area contributed by atoms with Gasteiger partial charge in [-0.2, -0.15) is 0 Å². The number of carbonyl (C=O) groups excluding carboxylic acids is 1. The van der Waals surface area contributed by atoms with Crippen molar-refractivity contribution in [3.05, 3.63) is 29.6 Å². The molecule has 1 unspecified atom stereocenters. The van der Waals surface area contributed by atoms with Crippen LogP contribution in [0.4, 0.5) is 4.39 Å². The van der Waals surface area contributed by atoms with Crippen LogP contribution in [0.15, 0.2) is 18.2 Å². The Kier molecular flexibility index (Phi) is 4.07. The second-order valence-electron chi connectivity index (χ2n) is 4.43. The first-order valence-electron chi connectivity index (χ1n) is 5.80. The Hall–Kier alpha value is -1.29. The van der Waals surface area contributed by atoms with Gasteiger partial charge in [-0.15, -0.1) is 11.6 Å². The number of halogens is 2. The van der Waals surface area contributed by atoms with Crippen molar-refractivity contribution >= 4 is 17.5 Å². The van der Waals surface area contributed by atoms with Crippen LogP contribution in [0.2, 0.25) is 0 Å². The summed E-state index contributed by atoms with van der Waals surface area (Å²) in [5.41, 5.74) is 0.470. The number of rotatable bonds is 4. The molecule has 0 radical (unpaired) electrons. The summed E-state index contributed by atoms with van der Waals surface area (Å²) in [4.78, 5) is 13.4. The van der Waals surface area contributed by atoms with Gasteiger partial charge >= 0.3 is 0 Å². The monoisotopic (exact) mass is 271 g/mol. The minimum Gasteiger partial charge on any atom is -0.494 e. The van der Waals surface area contributed by atoms with E-state index in [1.807, 2.05) is 0 Å². The van der Waals surface area contributed by atoms with Crippen LogP contribution < -0.4 is 4.74 Å². The molecule has 98 valence electrons. The Labute approximate surface area is 110 Å². The molecule has 1 saturated heterocycles. The summed E-state index contributed by atoms with van der Waals surface area (Å²) in [6.45, 7) is 0.869. The van der Waals surface area contributed by atoms with Gasteiger partial charge in [0.15, 0.2) is 11.6 Å². The van der Waals surface area contributed by atoms with Crippen LogP contribution in [0.1, 0.15) is 12.0 Å². The lowest BCUT2D eigenvalue weighted by molar-refractivity contribution is -0.128. The van der Waals surface area contributed by atoms with Crippen LogP contribution in [0.5, 0.6) is 5.75 Å². The molecule has 3 nitrogen and oxygen atoms in total. The average Bonchev–Trinajstić information content (AvgIpc) is 2.73. The number of alkyl halides is 1. The smallest absolute Gasteiger partial charge is 0.223 e. The summed E-state index contributed by atoms with van der Waals surface area (Å²) in [5, 5.41) is 0. The highest BCUT2D eigenvalue weighted by atomic mass is 35.5. The summed E-state index contributed by atoms with van der Waals surface area (Å²) in [7, 11) is 1.42. The lowest BCUT2D eigenvalue weighted by Crippen LogP contribution is -2.25. The molecule has 0 aromatic heterocycles. The first kappa shape index (κ1) is 13.1. The molecule has 0 spiro atoms. The van der Waals surface area contributed by atoms with Crippen LogP contribution in [-0.4, -0.2) is 30.3 Å². The minimum absolute atomic E-state index is 0.0304. The van der Waals surface area contributed by atoms with E-state index < -0.39 is 5.82 Å². The summed E-state index contributed by atoms with van der Waals surface area (Å²) in [6.07, 6.45) is 0.453. The summed E-state index contributed by atoms with van der Waals surface area (Å²) in [5.74, 6) is 0.467. The number of hydrogen-bond acceptors (Lipinski definition) is 2. The van der Waals surface area contributed by atoms with E-state index in [2.05, 4.69) is 0 Å². The van der Waals surface area contributed by atoms with Gasteiger partial charge in [0.05, 0.1) is 7.11 Å². The molecule has 1 fully saturated rings. The van der Waals surface area contributed by atoms with E-state index in [0.717, 1.165) is 0 Å². The Morgan fingerprint density at radius 3 is 2.94 bits per heavy atom. The van der Waals surface area contributed by atoms with Gasteiger partial charge < -0.3 is 9.64 Å². The molecular weight excluding hydrogens is 257 g/mol. The van der Waals surface area contributed by atoms with Crippen LogP contribution in [0.3, 0.4) is 0 Å². The summed E-state index contributed by atoms with van der Waals surface area (Å²) >= 11 is 5.75. The molecule has 0 bridgehead atoms. The van der Waals surface area contributed by atoms with Gasteiger partial charge in [-0.1, -0.05) is 12.1 Å². The zero-order valence-electron chi connectivity index (χ0n) is 10.2. The van der Waals surface area contributed by atoms with Crippen LogP contribution in [0.25, 0.3) is 0 Å². The predicted molar refractivity (Wildman–Crippen MR) is 67.2 cm³/mol. The number of ether oxygens (including phenoxy) is 1. The summed E-state index contributed by atoms with van der Waals surface area (Å²) < 4.78 is 18.9. The van der Waals surface area contributed by atoms with E-state index in [-0.39, 0.29) is 24.1 Å². The van der Waals surface area contributed by atoms with E-state index in [1.165, 1.54) is 7.11 Å². The largest absolute Gasteiger partial charge is 0.494 e. The molecule has 0 aliphatic carbocycles. The highest BCUT2D eigenvalue weighted by Crippen LogP contribution is 2.25. The van der Waals surface area contributed by atoms with Gasteiger partial charge in [0.2, 0.25) is 5.91 Å². The quantitative estimate of drug-likeness (QED) is 0.787. The third-order valence-corrected chi connectivity index (χ3v) is 3.57. The number of benzene rings is 1. The number of nitrogens with zero attached hydrogens (tertiary/aromatic N) is 1. The zero-order valence-corrected chi connectivity index (χ0v) is 10.9. The third kappa shape index (κ3) is 2.58. The molecule has 1 heterocycles. The van der Waals surface area contributed by atoms with Crippen molar-refractivity contribution < 1.29 is 13.9 Å². The molecule has 18 heavy (non-hydrogen) atoms. The van der Waals surface area contributed by atoms with E-state index in [0.29, 0.717) is 24.4 Å². The maximum Gasteiger partial charge on any atom is 0.223 e. The topological polar surface area (TPSA) is 29.5 Å². The SMILES string of the molecule is COc1cccc(CN2CC(CCl)CC2=O)c1F. The lowest BCUT2D eigenvalue weighted by Gasteiger charge is -2.17. The number of methoxy groups -OCH3 is 1. The van der Waals surface area contributed by atoms with Crippen molar-refractivity contribution in [2.45, 2.75) is 13.0 Å². The molecule has 0 saturated carbocycles. The van der Waals surface area contributed by atoms with Crippen LogP contribution in [0, 0.1) is 11.7 Å². The molecule has 1 aromatic rings. The fraction of sp³-hybridized carbons (Fsp3) is 0.462. The fourth-order valence-electron chi connectivity index (χ4n) is 2.15. The number of carbonyl (C=O) groups is 1. The van der Waals surface area contributed by atoms with Crippen molar-refractivity contribution in [1.29, 1.82) is 0 Å². The fourth-order valence-corrected chi connectivity index (χ4v) is 2.36. The molecule has 1 amide bonds. The zero-order chi connectivity index (χ0) is 13.1. The van der Waals surface area contributed by atoms with E-state index in [1.54, 1.807) is 23.1 Å². The van der Waals surface area contributed by atoms with Gasteiger partial charge in [0.1, 0.15) is 0 Å². The van der Waals surface area contributed by atoms with Gasteiger partial charge in [-0.25, -0.2) is 4.39 Å². The van der Waals surface area contributed by atoms with E-state index >= 15 is 0 Å². The van der Waals surface area contributed by atoms with Gasteiger partial charge in [-0.05, 0) is 12.0 Å². The van der Waals surface area contributed by atoms with Crippen molar-refractivity contribution in [3.8, 4) is 5.75 Å². The van der Waals surface area contributed by atoms with Crippen molar-refractivity contribution in [2.24, 2.45) is 5.92 Å². The molecule has 1 aliphatic rings. The van der Waals surface area contributed by atoms with E-state index in [4.69, 9.17) is 16.3 Å². The number of amides is 1. The Morgan fingerprint density at radius 1 is 1.56 bits per heavy atom. The maximum absolute atomic E-state index is 13.9. The predicted octanol–water partition coefficient (Wildman–Crippen LogP) is 2.42. The highest BCUT2D eigenvalue weighted by Gasteiger charge is 2.29. The Morgan fingerprint density at radius 2 is 2.33 bits per heavy atom. The van der Waals surface area contributed by atoms with Crippen molar-refractivity contribution in [3.63, 3.8) is 0 Å². The van der Waals surface area contributed by atoms with Crippen molar-refractivity contribution in [1.82, 2.24) is 4.90 Å². The molecule has 1 aromatic carbocycles. The Bertz CT molecular complexity index is 453. The second-order valence-corrected chi connectivity index (χ2v) is 4.74. The molecule has 0 N–H and O–H groups in total. The second kappa shape index (κ2) is 5.57. The van der Waals surface area contributed by atoms with Gasteiger partial charge in [0.25, 0.3) is 0 Å². The molecular formula is C13H15ClFNO2. The average molecular weight is 272 g/mol. The van der Waals surface area contributed by atoms with Gasteiger partial charge in [-0.3, -0.25) is 4.79 Å². The van der Waals surface area contributed by atoms with Crippen LogP contribution >= 0.6 is 11.6 Å². The normalized spacial score (nSPS) is 19.4. The number of likely N-dealkylation sites (tertiary alicyclic amines) is 1. The first-order chi connectivity index (χ1) is 8.65. The van der Waals surface area contributed by atoms with Gasteiger partial charge in [0, 0.05) is 31.0 Å². The van der Waals surface area contributed by atoms with E-state index in [9.17, 15) is 9.18 Å². The third-order valence-electron chi connectivity index (χ3n) is 3.14. The Balaban J connectivity index is 2.12. The van der Waals surface area contributed by atoms with Crippen molar-refractivity contribution in [2.75, 3.05) is 19.5 Å². The standard InChI is InChI=1S/C13H15ClFNO2/c1-18-11-4-2-3-10(13(11)15)8-16-7-9(6-14)5-12(16)17/h2-4,9H,5-8H2,1H3. The molecule has 5 heteroatoms. The molecule has 1 atom stereocenters. The lowest BCUT2D eigenvalue weighted by atomic mass is 10.1. The molecule has 2 rings (SSSR count). The maximum atomic E-state index is 13.9. The summed E-state index contributed by atoms with van der Waals surface area (Å²) in [6, 6.07) is 4.95.